The second-order valence-corrected chi connectivity index (χ2v) is 6.69. The number of unbranched alkanes of at least 4 members (excludes halogenated alkanes) is 1. The fourth-order valence-corrected chi connectivity index (χ4v) is 2.44. The van der Waals surface area contributed by atoms with Crippen LogP contribution < -0.4 is 16.4 Å². The average Bonchev–Trinajstić information content (AvgIpc) is 2.53. The molecule has 23 heavy (non-hydrogen) atoms. The number of hydrogen-bond donors (Lipinski definition) is 3. The topological polar surface area (TPSA) is 67.1 Å². The Hall–Kier alpha value is -1.39. The van der Waals surface area contributed by atoms with Gasteiger partial charge >= 0.3 is 0 Å². The number of carbonyl (C=O) groups is 1. The summed E-state index contributed by atoms with van der Waals surface area (Å²) in [7, 11) is 0. The van der Waals surface area contributed by atoms with Crippen LogP contribution in [0, 0.1) is 5.92 Å². The van der Waals surface area contributed by atoms with Crippen LogP contribution in [0.4, 0.5) is 0 Å². The number of amides is 1. The minimum Gasteiger partial charge on any atom is -0.354 e. The molecule has 2 atom stereocenters. The molecule has 0 radical (unpaired) electrons. The van der Waals surface area contributed by atoms with E-state index in [1.165, 1.54) is 5.56 Å². The standard InChI is InChI=1S/C19H33N3O/c1-4-5-11-18(19(23)22-13-15(2)3)21-14-17(20)12-16-9-7-6-8-10-16/h6-10,15,17-18,21H,4-5,11-14,20H2,1-3H3,(H,22,23). The second kappa shape index (κ2) is 11.2. The van der Waals surface area contributed by atoms with Gasteiger partial charge in [-0.05, 0) is 24.3 Å². The molecule has 0 aliphatic carbocycles. The van der Waals surface area contributed by atoms with E-state index in [9.17, 15) is 4.79 Å². The van der Waals surface area contributed by atoms with Gasteiger partial charge in [0.15, 0.2) is 0 Å². The quantitative estimate of drug-likeness (QED) is 0.587. The molecule has 0 bridgehead atoms. The molecule has 4 nitrogen and oxygen atoms in total. The van der Waals surface area contributed by atoms with Crippen molar-refractivity contribution >= 4 is 5.91 Å². The second-order valence-electron chi connectivity index (χ2n) is 6.69. The minimum absolute atomic E-state index is 0.0134. The van der Waals surface area contributed by atoms with Crippen LogP contribution in [0.25, 0.3) is 0 Å². The van der Waals surface area contributed by atoms with E-state index in [-0.39, 0.29) is 18.0 Å². The van der Waals surface area contributed by atoms with Gasteiger partial charge in [0, 0.05) is 19.1 Å². The fraction of sp³-hybridized carbons (Fsp3) is 0.632. The summed E-state index contributed by atoms with van der Waals surface area (Å²) in [5, 5.41) is 6.38. The molecule has 0 fully saturated rings. The van der Waals surface area contributed by atoms with Crippen LogP contribution in [0.3, 0.4) is 0 Å². The van der Waals surface area contributed by atoms with E-state index in [4.69, 9.17) is 5.73 Å². The molecule has 0 saturated heterocycles. The Kier molecular flexibility index (Phi) is 9.57. The number of hydrogen-bond acceptors (Lipinski definition) is 3. The summed E-state index contributed by atoms with van der Waals surface area (Å²) in [6.45, 7) is 7.72. The zero-order valence-corrected chi connectivity index (χ0v) is 14.8. The lowest BCUT2D eigenvalue weighted by atomic mass is 10.0. The summed E-state index contributed by atoms with van der Waals surface area (Å²) < 4.78 is 0. The van der Waals surface area contributed by atoms with Crippen molar-refractivity contribution in [2.75, 3.05) is 13.1 Å². The van der Waals surface area contributed by atoms with Crippen LogP contribution >= 0.6 is 0 Å². The summed E-state index contributed by atoms with van der Waals surface area (Å²) >= 11 is 0. The molecule has 4 N–H and O–H groups in total. The Balaban J connectivity index is 2.44. The third-order valence-electron chi connectivity index (χ3n) is 3.81. The van der Waals surface area contributed by atoms with Crippen LogP contribution in [0.5, 0.6) is 0 Å². The van der Waals surface area contributed by atoms with Crippen molar-refractivity contribution in [1.82, 2.24) is 10.6 Å². The molecule has 130 valence electrons. The lowest BCUT2D eigenvalue weighted by molar-refractivity contribution is -0.123. The molecule has 0 spiro atoms. The van der Waals surface area contributed by atoms with Crippen molar-refractivity contribution in [1.29, 1.82) is 0 Å². The lowest BCUT2D eigenvalue weighted by Crippen LogP contribution is -2.49. The van der Waals surface area contributed by atoms with E-state index in [1.54, 1.807) is 0 Å². The molecule has 1 rings (SSSR count). The highest BCUT2D eigenvalue weighted by Gasteiger charge is 2.18. The monoisotopic (exact) mass is 319 g/mol. The molecule has 4 heteroatoms. The van der Waals surface area contributed by atoms with Crippen LogP contribution in [0.2, 0.25) is 0 Å². The van der Waals surface area contributed by atoms with Crippen LogP contribution in [-0.2, 0) is 11.2 Å². The van der Waals surface area contributed by atoms with Crippen molar-refractivity contribution in [3.63, 3.8) is 0 Å². The number of nitrogens with two attached hydrogens (primary N) is 1. The Bertz CT molecular complexity index is 434. The van der Waals surface area contributed by atoms with Gasteiger partial charge < -0.3 is 16.4 Å². The molecule has 1 amide bonds. The van der Waals surface area contributed by atoms with Crippen molar-refractivity contribution < 1.29 is 4.79 Å². The molecule has 0 aliphatic rings. The maximum absolute atomic E-state index is 12.3. The SMILES string of the molecule is CCCCC(NCC(N)Cc1ccccc1)C(=O)NCC(C)C. The molecule has 0 aromatic heterocycles. The van der Waals surface area contributed by atoms with Crippen LogP contribution in [0.15, 0.2) is 30.3 Å². The first kappa shape index (κ1) is 19.7. The maximum atomic E-state index is 12.3. The van der Waals surface area contributed by atoms with Gasteiger partial charge in [-0.1, -0.05) is 63.9 Å². The van der Waals surface area contributed by atoms with Crippen molar-refractivity contribution in [3.05, 3.63) is 35.9 Å². The smallest absolute Gasteiger partial charge is 0.237 e. The third kappa shape index (κ3) is 8.72. The highest BCUT2D eigenvalue weighted by Crippen LogP contribution is 2.04. The zero-order chi connectivity index (χ0) is 17.1. The number of benzene rings is 1. The van der Waals surface area contributed by atoms with Gasteiger partial charge in [0.1, 0.15) is 0 Å². The summed E-state index contributed by atoms with van der Waals surface area (Å²) in [6.07, 6.45) is 3.81. The van der Waals surface area contributed by atoms with E-state index in [0.29, 0.717) is 12.5 Å². The third-order valence-corrected chi connectivity index (χ3v) is 3.81. The molecule has 0 aliphatic heterocycles. The number of nitrogens with one attached hydrogen (secondary N) is 2. The molecular formula is C19H33N3O. The van der Waals surface area contributed by atoms with Crippen molar-refractivity contribution in [2.45, 2.75) is 58.5 Å². The Morgan fingerprint density at radius 3 is 2.48 bits per heavy atom. The van der Waals surface area contributed by atoms with E-state index in [2.05, 4.69) is 43.5 Å². The highest BCUT2D eigenvalue weighted by atomic mass is 16.2. The van der Waals surface area contributed by atoms with Crippen LogP contribution in [0.1, 0.15) is 45.6 Å². The van der Waals surface area contributed by atoms with E-state index >= 15 is 0 Å². The van der Waals surface area contributed by atoms with Crippen molar-refractivity contribution in [3.8, 4) is 0 Å². The molecular weight excluding hydrogens is 286 g/mol. The van der Waals surface area contributed by atoms with E-state index in [0.717, 1.165) is 32.2 Å². The highest BCUT2D eigenvalue weighted by molar-refractivity contribution is 5.81. The first-order valence-electron chi connectivity index (χ1n) is 8.83. The summed E-state index contributed by atoms with van der Waals surface area (Å²) in [6, 6.07) is 10.1. The van der Waals surface area contributed by atoms with Crippen molar-refractivity contribution in [2.24, 2.45) is 11.7 Å². The predicted octanol–water partition coefficient (Wildman–Crippen LogP) is 2.48. The Morgan fingerprint density at radius 2 is 1.87 bits per heavy atom. The number of carbonyl (C=O) groups excluding carboxylic acids is 1. The van der Waals surface area contributed by atoms with E-state index < -0.39 is 0 Å². The molecule has 1 aromatic rings. The summed E-state index contributed by atoms with van der Waals surface area (Å²) in [5.74, 6) is 0.560. The normalized spacial score (nSPS) is 13.8. The van der Waals surface area contributed by atoms with Gasteiger partial charge in [0.25, 0.3) is 0 Å². The Labute approximate surface area is 141 Å². The van der Waals surface area contributed by atoms with Gasteiger partial charge in [0.05, 0.1) is 6.04 Å². The van der Waals surface area contributed by atoms with Crippen LogP contribution in [-0.4, -0.2) is 31.1 Å². The average molecular weight is 319 g/mol. The zero-order valence-electron chi connectivity index (χ0n) is 14.8. The van der Waals surface area contributed by atoms with Gasteiger partial charge in [-0.25, -0.2) is 0 Å². The minimum atomic E-state index is -0.143. The van der Waals surface area contributed by atoms with E-state index in [1.807, 2.05) is 18.2 Å². The predicted molar refractivity (Wildman–Crippen MR) is 97.3 cm³/mol. The van der Waals surface area contributed by atoms with Gasteiger partial charge in [0.2, 0.25) is 5.91 Å². The first-order chi connectivity index (χ1) is 11.0. The molecule has 0 saturated carbocycles. The maximum Gasteiger partial charge on any atom is 0.237 e. The number of rotatable bonds is 11. The van der Waals surface area contributed by atoms with Gasteiger partial charge in [-0.3, -0.25) is 4.79 Å². The Morgan fingerprint density at radius 1 is 1.17 bits per heavy atom. The first-order valence-corrected chi connectivity index (χ1v) is 8.83. The summed E-state index contributed by atoms with van der Waals surface area (Å²) in [5.41, 5.74) is 7.44. The molecule has 1 aromatic carbocycles. The largest absolute Gasteiger partial charge is 0.354 e. The molecule has 0 heterocycles. The summed E-state index contributed by atoms with van der Waals surface area (Å²) in [4.78, 5) is 12.3. The van der Waals surface area contributed by atoms with Gasteiger partial charge in [-0.15, -0.1) is 0 Å². The van der Waals surface area contributed by atoms with Gasteiger partial charge in [-0.2, -0.15) is 0 Å². The fourth-order valence-electron chi connectivity index (χ4n) is 2.44. The molecule has 2 unspecified atom stereocenters. The lowest BCUT2D eigenvalue weighted by Gasteiger charge is -2.21.